The Morgan fingerprint density at radius 3 is 2.67 bits per heavy atom. The Morgan fingerprint density at radius 2 is 2.03 bits per heavy atom. The minimum absolute atomic E-state index is 0.121. The number of nitro benzene ring substituents is 1. The molecule has 1 amide bonds. The quantitative estimate of drug-likeness (QED) is 0.338. The summed E-state index contributed by atoms with van der Waals surface area (Å²) in [5, 5.41) is 12.8. The van der Waals surface area contributed by atoms with E-state index in [9.17, 15) is 14.9 Å². The fourth-order valence-corrected chi connectivity index (χ4v) is 5.26. The average molecular weight is 492 g/mol. The molecule has 0 saturated carbocycles. The van der Waals surface area contributed by atoms with Crippen molar-refractivity contribution in [2.24, 2.45) is 0 Å². The fraction of sp³-hybridized carbons (Fsp3) is 0.364. The zero-order valence-corrected chi connectivity index (χ0v) is 19.9. The largest absolute Gasteiger partial charge is 0.493 e. The number of methoxy groups -OCH3 is 2. The first-order chi connectivity index (χ1) is 15.8. The summed E-state index contributed by atoms with van der Waals surface area (Å²) in [6.45, 7) is 2.72. The number of ether oxygens (including phenoxy) is 3. The normalized spacial score (nSPS) is 15.6. The molecule has 2 aromatic carbocycles. The topological polar surface area (TPSA) is 104 Å². The highest BCUT2D eigenvalue weighted by Gasteiger charge is 2.32. The molecule has 33 heavy (non-hydrogen) atoms. The number of nitro groups is 1. The number of anilines is 1. The van der Waals surface area contributed by atoms with Crippen molar-refractivity contribution >= 4 is 49.9 Å². The van der Waals surface area contributed by atoms with Crippen LogP contribution < -0.4 is 14.4 Å². The highest BCUT2D eigenvalue weighted by atomic mass is 35.5. The van der Waals surface area contributed by atoms with Gasteiger partial charge >= 0.3 is 0 Å². The van der Waals surface area contributed by atoms with Crippen LogP contribution in [0.15, 0.2) is 24.3 Å². The van der Waals surface area contributed by atoms with E-state index in [1.54, 1.807) is 12.1 Å². The van der Waals surface area contributed by atoms with Crippen LogP contribution in [0, 0.1) is 17.0 Å². The number of aromatic nitrogens is 1. The van der Waals surface area contributed by atoms with E-state index in [4.69, 9.17) is 25.8 Å². The lowest BCUT2D eigenvalue weighted by molar-refractivity contribution is -0.385. The molecule has 1 fully saturated rings. The molecule has 0 radical (unpaired) electrons. The number of carbonyl (C=O) groups excluding carboxylic acids is 1. The molecular formula is C22H22ClN3O6S. The van der Waals surface area contributed by atoms with Gasteiger partial charge in [0.25, 0.3) is 11.6 Å². The van der Waals surface area contributed by atoms with E-state index in [-0.39, 0.29) is 35.4 Å². The van der Waals surface area contributed by atoms with Crippen molar-refractivity contribution in [1.29, 1.82) is 0 Å². The van der Waals surface area contributed by atoms with Crippen LogP contribution in [0.2, 0.25) is 5.02 Å². The molecule has 9 nitrogen and oxygen atoms in total. The van der Waals surface area contributed by atoms with E-state index < -0.39 is 10.8 Å². The van der Waals surface area contributed by atoms with E-state index in [2.05, 4.69) is 4.98 Å². The van der Waals surface area contributed by atoms with Crippen molar-refractivity contribution < 1.29 is 23.9 Å². The first-order valence-corrected chi connectivity index (χ1v) is 11.4. The summed E-state index contributed by atoms with van der Waals surface area (Å²) in [6.07, 6.45) is 1.48. The summed E-state index contributed by atoms with van der Waals surface area (Å²) in [5.41, 5.74) is 1.10. The molecule has 0 aliphatic carbocycles. The molecule has 0 bridgehead atoms. The minimum atomic E-state index is -0.609. The number of benzene rings is 2. The Morgan fingerprint density at radius 1 is 1.30 bits per heavy atom. The summed E-state index contributed by atoms with van der Waals surface area (Å²) in [7, 11) is 2.78. The van der Waals surface area contributed by atoms with Gasteiger partial charge in [-0.05, 0) is 37.5 Å². The highest BCUT2D eigenvalue weighted by molar-refractivity contribution is 7.22. The van der Waals surface area contributed by atoms with E-state index in [0.717, 1.165) is 28.6 Å². The van der Waals surface area contributed by atoms with Crippen molar-refractivity contribution in [3.63, 3.8) is 0 Å². The van der Waals surface area contributed by atoms with Crippen molar-refractivity contribution in [2.45, 2.75) is 25.9 Å². The van der Waals surface area contributed by atoms with Crippen molar-refractivity contribution in [3.8, 4) is 11.5 Å². The molecule has 1 atom stereocenters. The van der Waals surface area contributed by atoms with E-state index in [0.29, 0.717) is 16.8 Å². The van der Waals surface area contributed by atoms with Gasteiger partial charge in [-0.2, -0.15) is 0 Å². The van der Waals surface area contributed by atoms with Crippen molar-refractivity contribution in [1.82, 2.24) is 4.98 Å². The summed E-state index contributed by atoms with van der Waals surface area (Å²) in [4.78, 5) is 31.1. The number of amides is 1. The molecule has 3 aromatic rings. The summed E-state index contributed by atoms with van der Waals surface area (Å²) in [6, 6.07) is 6.12. The van der Waals surface area contributed by atoms with Crippen LogP contribution in [-0.4, -0.2) is 49.3 Å². The van der Waals surface area contributed by atoms with Gasteiger partial charge in [-0.3, -0.25) is 19.8 Å². The molecule has 4 rings (SSSR count). The number of thiazole rings is 1. The van der Waals surface area contributed by atoms with Crippen molar-refractivity contribution in [3.05, 3.63) is 50.5 Å². The second-order valence-electron chi connectivity index (χ2n) is 7.60. The summed E-state index contributed by atoms with van der Waals surface area (Å²) in [5.74, 6) is -0.187. The Kier molecular flexibility index (Phi) is 6.68. The van der Waals surface area contributed by atoms with Gasteiger partial charge < -0.3 is 14.2 Å². The summed E-state index contributed by atoms with van der Waals surface area (Å²) >= 11 is 7.50. The molecule has 1 aliphatic heterocycles. The maximum absolute atomic E-state index is 13.8. The van der Waals surface area contributed by atoms with Crippen LogP contribution in [0.5, 0.6) is 11.5 Å². The second-order valence-corrected chi connectivity index (χ2v) is 9.04. The lowest BCUT2D eigenvalue weighted by atomic mass is 10.1. The molecule has 0 N–H and O–H groups in total. The summed E-state index contributed by atoms with van der Waals surface area (Å²) < 4.78 is 17.0. The van der Waals surface area contributed by atoms with E-state index in [1.807, 2.05) is 6.92 Å². The van der Waals surface area contributed by atoms with Crippen molar-refractivity contribution in [2.75, 3.05) is 32.3 Å². The number of aryl methyl sites for hydroxylation is 1. The van der Waals surface area contributed by atoms with Crippen LogP contribution in [0.25, 0.3) is 10.2 Å². The van der Waals surface area contributed by atoms with Gasteiger partial charge in [0.15, 0.2) is 16.6 Å². The third-order valence-electron chi connectivity index (χ3n) is 5.45. The number of rotatable bonds is 7. The monoisotopic (exact) mass is 491 g/mol. The molecular weight excluding hydrogens is 470 g/mol. The first kappa shape index (κ1) is 23.2. The Bertz CT molecular complexity index is 1220. The smallest absolute Gasteiger partial charge is 0.286 e. The molecule has 0 spiro atoms. The molecule has 174 valence electrons. The zero-order chi connectivity index (χ0) is 23.7. The third-order valence-corrected chi connectivity index (χ3v) is 6.70. The van der Waals surface area contributed by atoms with E-state index >= 15 is 0 Å². The van der Waals surface area contributed by atoms with Gasteiger partial charge in [0.05, 0.1) is 48.1 Å². The van der Waals surface area contributed by atoms with E-state index in [1.165, 1.54) is 42.6 Å². The van der Waals surface area contributed by atoms with Crippen LogP contribution in [0.3, 0.4) is 0 Å². The lowest BCUT2D eigenvalue weighted by Crippen LogP contribution is -2.37. The zero-order valence-electron chi connectivity index (χ0n) is 18.3. The highest BCUT2D eigenvalue weighted by Crippen LogP contribution is 2.38. The lowest BCUT2D eigenvalue weighted by Gasteiger charge is -2.23. The van der Waals surface area contributed by atoms with Crippen LogP contribution in [0.1, 0.15) is 28.8 Å². The number of hydrogen-bond donors (Lipinski definition) is 0. The Labute approximate surface area is 199 Å². The average Bonchev–Trinajstić information content (AvgIpc) is 3.45. The number of fused-ring (bicyclic) bond motifs is 1. The van der Waals surface area contributed by atoms with Crippen LogP contribution in [-0.2, 0) is 4.74 Å². The maximum atomic E-state index is 13.8. The standard InChI is InChI=1S/C22H22ClN3O6S/c1-12-7-13(23)8-19-20(12)24-22(33-19)25(11-14-5-4-6-32-14)21(27)15-9-17(30-2)18(31-3)10-16(15)26(28)29/h7-10,14H,4-6,11H2,1-3H3. The number of halogens is 1. The third kappa shape index (κ3) is 4.59. The van der Waals surface area contributed by atoms with Gasteiger partial charge in [-0.15, -0.1) is 0 Å². The molecule has 2 heterocycles. The Balaban J connectivity index is 1.84. The van der Waals surface area contributed by atoms with Gasteiger partial charge in [0.1, 0.15) is 5.56 Å². The van der Waals surface area contributed by atoms with Gasteiger partial charge in [-0.1, -0.05) is 22.9 Å². The van der Waals surface area contributed by atoms with Gasteiger partial charge in [-0.25, -0.2) is 4.98 Å². The molecule has 1 unspecified atom stereocenters. The van der Waals surface area contributed by atoms with Gasteiger partial charge in [0.2, 0.25) is 0 Å². The fourth-order valence-electron chi connectivity index (χ4n) is 3.83. The molecule has 1 aliphatic rings. The number of nitrogens with zero attached hydrogens (tertiary/aromatic N) is 3. The number of hydrogen-bond acceptors (Lipinski definition) is 8. The van der Waals surface area contributed by atoms with Gasteiger partial charge in [0, 0.05) is 17.7 Å². The maximum Gasteiger partial charge on any atom is 0.286 e. The Hall–Kier alpha value is -2.95. The first-order valence-electron chi connectivity index (χ1n) is 10.2. The number of carbonyl (C=O) groups is 1. The predicted molar refractivity (Wildman–Crippen MR) is 126 cm³/mol. The molecule has 1 aromatic heterocycles. The predicted octanol–water partition coefficient (Wildman–Crippen LogP) is 5.01. The minimum Gasteiger partial charge on any atom is -0.493 e. The molecule has 11 heteroatoms. The van der Waals surface area contributed by atoms with Crippen LogP contribution >= 0.6 is 22.9 Å². The second kappa shape index (κ2) is 9.50. The van der Waals surface area contributed by atoms with Crippen LogP contribution in [0.4, 0.5) is 10.8 Å². The SMILES string of the molecule is COc1cc(C(=O)N(CC2CCCO2)c2nc3c(C)cc(Cl)cc3s2)c([N+](=O)[O-])cc1OC. The molecule has 1 saturated heterocycles.